The Morgan fingerprint density at radius 2 is 1.93 bits per heavy atom. The van der Waals surface area contributed by atoms with Crippen molar-refractivity contribution in [1.82, 2.24) is 24.5 Å². The second-order valence-electron chi connectivity index (χ2n) is 6.43. The smallest absolute Gasteiger partial charge is 0.275 e. The largest absolute Gasteiger partial charge is 0.334 e. The molecular formula is C21H13FN6O2. The molecular weight excluding hydrogens is 387 g/mol. The molecule has 8 nitrogen and oxygen atoms in total. The summed E-state index contributed by atoms with van der Waals surface area (Å²) in [6, 6.07) is 12.8. The minimum absolute atomic E-state index is 0.260. The van der Waals surface area contributed by atoms with Crippen molar-refractivity contribution >= 4 is 17.2 Å². The molecule has 146 valence electrons. The third-order valence-corrected chi connectivity index (χ3v) is 4.39. The fraction of sp³-hybridized carbons (Fsp3) is 0. The van der Waals surface area contributed by atoms with Gasteiger partial charge in [-0.25, -0.2) is 9.37 Å². The number of carbonyl (C=O) groups is 1. The first-order valence-electron chi connectivity index (χ1n) is 8.96. The van der Waals surface area contributed by atoms with Gasteiger partial charge < -0.3 is 14.2 Å². The number of pyridine rings is 2. The van der Waals surface area contributed by atoms with Crippen molar-refractivity contribution in [2.75, 3.05) is 5.32 Å². The number of benzene rings is 1. The molecule has 1 aromatic carbocycles. The summed E-state index contributed by atoms with van der Waals surface area (Å²) in [7, 11) is 0. The molecule has 0 spiro atoms. The van der Waals surface area contributed by atoms with Crippen molar-refractivity contribution < 1.29 is 13.7 Å². The lowest BCUT2D eigenvalue weighted by atomic mass is 10.2. The van der Waals surface area contributed by atoms with E-state index in [1.165, 1.54) is 12.1 Å². The van der Waals surface area contributed by atoms with Crippen LogP contribution in [0.5, 0.6) is 0 Å². The average molecular weight is 400 g/mol. The van der Waals surface area contributed by atoms with Gasteiger partial charge in [0.1, 0.15) is 17.2 Å². The molecule has 0 aliphatic rings. The molecule has 1 amide bonds. The molecule has 4 heterocycles. The third kappa shape index (κ3) is 3.39. The maximum atomic E-state index is 13.1. The lowest BCUT2D eigenvalue weighted by Gasteiger charge is -2.00. The quantitative estimate of drug-likeness (QED) is 0.492. The lowest BCUT2D eigenvalue weighted by Crippen LogP contribution is -2.12. The molecule has 0 atom stereocenters. The molecule has 0 radical (unpaired) electrons. The summed E-state index contributed by atoms with van der Waals surface area (Å²) in [5, 5.41) is 6.73. The Morgan fingerprint density at radius 3 is 2.73 bits per heavy atom. The first-order valence-corrected chi connectivity index (χ1v) is 8.96. The first-order chi connectivity index (χ1) is 14.7. The van der Waals surface area contributed by atoms with Crippen molar-refractivity contribution in [3.8, 4) is 22.8 Å². The highest BCUT2D eigenvalue weighted by Crippen LogP contribution is 2.23. The number of nitrogens with one attached hydrogen (secondary N) is 1. The van der Waals surface area contributed by atoms with Gasteiger partial charge in [-0.05, 0) is 48.5 Å². The molecule has 9 heteroatoms. The molecule has 4 aromatic heterocycles. The summed E-state index contributed by atoms with van der Waals surface area (Å²) in [5.74, 6) is -0.0380. The molecule has 0 aliphatic heterocycles. The van der Waals surface area contributed by atoms with Gasteiger partial charge in [0.15, 0.2) is 0 Å². The molecule has 0 unspecified atom stereocenters. The molecule has 0 saturated carbocycles. The van der Waals surface area contributed by atoms with Crippen LogP contribution in [0.25, 0.3) is 28.5 Å². The van der Waals surface area contributed by atoms with Crippen molar-refractivity contribution in [1.29, 1.82) is 0 Å². The molecule has 0 saturated heterocycles. The Labute approximate surface area is 169 Å². The van der Waals surface area contributed by atoms with E-state index in [0.717, 1.165) is 0 Å². The standard InChI is InChI=1S/C21H13FN6O2/c22-15-5-3-13(4-6-15)21-26-19(27-30-21)14-7-9-28-12-17(25-18(28)10-14)20(29)24-16-2-1-8-23-11-16/h1-12H,(H,24,29). The third-order valence-electron chi connectivity index (χ3n) is 4.39. The minimum Gasteiger partial charge on any atom is -0.334 e. The van der Waals surface area contributed by atoms with E-state index in [2.05, 4.69) is 25.4 Å². The topological polar surface area (TPSA) is 98.2 Å². The summed E-state index contributed by atoms with van der Waals surface area (Å²) in [5.41, 5.74) is 2.68. The van der Waals surface area contributed by atoms with E-state index in [-0.39, 0.29) is 23.3 Å². The maximum Gasteiger partial charge on any atom is 0.275 e. The first kappa shape index (κ1) is 17.7. The Hall–Kier alpha value is -4.40. The number of carbonyl (C=O) groups excluding carboxylic acids is 1. The van der Waals surface area contributed by atoms with Crippen LogP contribution in [0.15, 0.2) is 77.8 Å². The molecule has 5 aromatic rings. The van der Waals surface area contributed by atoms with Crippen LogP contribution in [-0.4, -0.2) is 30.4 Å². The van der Waals surface area contributed by atoms with Gasteiger partial charge >= 0.3 is 0 Å². The number of amides is 1. The lowest BCUT2D eigenvalue weighted by molar-refractivity contribution is 0.102. The number of aromatic nitrogens is 5. The van der Waals surface area contributed by atoms with Gasteiger partial charge in [0, 0.05) is 29.7 Å². The van der Waals surface area contributed by atoms with E-state index in [4.69, 9.17) is 4.52 Å². The van der Waals surface area contributed by atoms with Gasteiger partial charge in [0.25, 0.3) is 11.8 Å². The van der Waals surface area contributed by atoms with Crippen LogP contribution in [0.2, 0.25) is 0 Å². The summed E-state index contributed by atoms with van der Waals surface area (Å²) < 4.78 is 20.1. The highest BCUT2D eigenvalue weighted by atomic mass is 19.1. The van der Waals surface area contributed by atoms with Gasteiger partial charge in [0.2, 0.25) is 5.82 Å². The molecule has 0 aliphatic carbocycles. The Bertz CT molecular complexity index is 1350. The molecule has 1 N–H and O–H groups in total. The van der Waals surface area contributed by atoms with Crippen molar-refractivity contribution in [2.24, 2.45) is 0 Å². The van der Waals surface area contributed by atoms with Gasteiger partial charge in [0.05, 0.1) is 11.9 Å². The molecule has 5 rings (SSSR count). The fourth-order valence-corrected chi connectivity index (χ4v) is 2.91. The van der Waals surface area contributed by atoms with Crippen molar-refractivity contribution in [3.05, 3.63) is 84.8 Å². The average Bonchev–Trinajstić information content (AvgIpc) is 3.42. The number of halogens is 1. The number of rotatable bonds is 4. The zero-order valence-electron chi connectivity index (χ0n) is 15.4. The SMILES string of the molecule is O=C(Nc1cccnc1)c1cn2ccc(-c3noc(-c4ccc(F)cc4)n3)cc2n1. The Morgan fingerprint density at radius 1 is 1.07 bits per heavy atom. The fourth-order valence-electron chi connectivity index (χ4n) is 2.91. The number of imidazole rings is 1. The van der Waals surface area contributed by atoms with Crippen LogP contribution in [-0.2, 0) is 0 Å². The highest BCUT2D eigenvalue weighted by Gasteiger charge is 2.14. The van der Waals surface area contributed by atoms with Gasteiger partial charge in [-0.15, -0.1) is 0 Å². The molecule has 0 fully saturated rings. The van der Waals surface area contributed by atoms with Crippen LogP contribution in [0.3, 0.4) is 0 Å². The number of anilines is 1. The van der Waals surface area contributed by atoms with E-state index in [9.17, 15) is 9.18 Å². The van der Waals surface area contributed by atoms with Gasteiger partial charge in [-0.2, -0.15) is 4.98 Å². The minimum atomic E-state index is -0.341. The van der Waals surface area contributed by atoms with E-state index in [0.29, 0.717) is 28.3 Å². The summed E-state index contributed by atoms with van der Waals surface area (Å²) >= 11 is 0. The Kier molecular flexibility index (Phi) is 4.25. The van der Waals surface area contributed by atoms with Crippen LogP contribution in [0.4, 0.5) is 10.1 Å². The zero-order valence-corrected chi connectivity index (χ0v) is 15.4. The van der Waals surface area contributed by atoms with Gasteiger partial charge in [-0.3, -0.25) is 9.78 Å². The zero-order chi connectivity index (χ0) is 20.5. The molecule has 30 heavy (non-hydrogen) atoms. The number of hydrogen-bond donors (Lipinski definition) is 1. The van der Waals surface area contributed by atoms with E-state index < -0.39 is 0 Å². The predicted molar refractivity (Wildman–Crippen MR) is 106 cm³/mol. The van der Waals surface area contributed by atoms with Crippen LogP contribution in [0, 0.1) is 5.82 Å². The number of nitrogens with zero attached hydrogens (tertiary/aromatic N) is 5. The summed E-state index contributed by atoms with van der Waals surface area (Å²) in [4.78, 5) is 25.1. The van der Waals surface area contributed by atoms with E-state index in [1.54, 1.807) is 65.6 Å². The predicted octanol–water partition coefficient (Wildman–Crippen LogP) is 3.84. The summed E-state index contributed by atoms with van der Waals surface area (Å²) in [6.07, 6.45) is 6.57. The highest BCUT2D eigenvalue weighted by molar-refractivity contribution is 6.03. The molecule has 0 bridgehead atoms. The maximum absolute atomic E-state index is 13.1. The number of fused-ring (bicyclic) bond motifs is 1. The van der Waals surface area contributed by atoms with Crippen LogP contribution < -0.4 is 5.32 Å². The normalized spacial score (nSPS) is 11.0. The second kappa shape index (κ2) is 7.21. The number of hydrogen-bond acceptors (Lipinski definition) is 6. The van der Waals surface area contributed by atoms with E-state index in [1.807, 2.05) is 0 Å². The second-order valence-corrected chi connectivity index (χ2v) is 6.43. The van der Waals surface area contributed by atoms with E-state index >= 15 is 0 Å². The summed E-state index contributed by atoms with van der Waals surface area (Å²) in [6.45, 7) is 0. The monoisotopic (exact) mass is 400 g/mol. The van der Waals surface area contributed by atoms with Crippen molar-refractivity contribution in [3.63, 3.8) is 0 Å². The van der Waals surface area contributed by atoms with Crippen LogP contribution in [0.1, 0.15) is 10.5 Å². The van der Waals surface area contributed by atoms with Crippen LogP contribution >= 0.6 is 0 Å². The van der Waals surface area contributed by atoms with Crippen molar-refractivity contribution in [2.45, 2.75) is 0 Å². The Balaban J connectivity index is 1.41. The van der Waals surface area contributed by atoms with Gasteiger partial charge in [-0.1, -0.05) is 5.16 Å².